The molecule has 0 fully saturated rings. The SMILES string of the molecule is CN=C(NCCCc1nc(C)cs1)N(C)CCc1ccc(OC)c(OC)c1. The molecule has 0 radical (unpaired) electrons. The maximum atomic E-state index is 5.38. The Morgan fingerprint density at radius 3 is 2.63 bits per heavy atom. The number of hydrogen-bond acceptors (Lipinski definition) is 5. The highest BCUT2D eigenvalue weighted by Gasteiger charge is 2.08. The van der Waals surface area contributed by atoms with Gasteiger partial charge in [-0.25, -0.2) is 4.98 Å². The second-order valence-electron chi connectivity index (χ2n) is 6.32. The normalized spacial score (nSPS) is 11.4. The van der Waals surface area contributed by atoms with Crippen LogP contribution in [0.1, 0.15) is 22.7 Å². The number of thiazole rings is 1. The molecule has 27 heavy (non-hydrogen) atoms. The number of ether oxygens (including phenoxy) is 2. The van der Waals surface area contributed by atoms with Crippen LogP contribution in [0.25, 0.3) is 0 Å². The van der Waals surface area contributed by atoms with Crippen LogP contribution < -0.4 is 14.8 Å². The van der Waals surface area contributed by atoms with E-state index in [1.54, 1.807) is 25.6 Å². The highest BCUT2D eigenvalue weighted by molar-refractivity contribution is 7.09. The third kappa shape index (κ3) is 6.43. The molecule has 2 aromatic rings. The minimum absolute atomic E-state index is 0.752. The number of aryl methyl sites for hydroxylation is 2. The van der Waals surface area contributed by atoms with E-state index in [1.165, 1.54) is 10.6 Å². The van der Waals surface area contributed by atoms with Crippen molar-refractivity contribution in [3.63, 3.8) is 0 Å². The second-order valence-corrected chi connectivity index (χ2v) is 7.26. The molecular weight excluding hydrogens is 360 g/mol. The van der Waals surface area contributed by atoms with Crippen molar-refractivity contribution in [1.82, 2.24) is 15.2 Å². The molecule has 1 aromatic carbocycles. The lowest BCUT2D eigenvalue weighted by atomic mass is 10.1. The van der Waals surface area contributed by atoms with Gasteiger partial charge in [0.05, 0.1) is 19.2 Å². The number of hydrogen-bond donors (Lipinski definition) is 1. The Morgan fingerprint density at radius 1 is 1.22 bits per heavy atom. The Balaban J connectivity index is 1.78. The first-order valence-corrected chi connectivity index (χ1v) is 9.99. The van der Waals surface area contributed by atoms with Gasteiger partial charge in [0.1, 0.15) is 0 Å². The van der Waals surface area contributed by atoms with Crippen LogP contribution in [-0.4, -0.2) is 57.2 Å². The largest absolute Gasteiger partial charge is 0.493 e. The number of aromatic nitrogens is 1. The van der Waals surface area contributed by atoms with Gasteiger partial charge in [0.25, 0.3) is 0 Å². The van der Waals surface area contributed by atoms with Crippen molar-refractivity contribution in [2.24, 2.45) is 4.99 Å². The van der Waals surface area contributed by atoms with E-state index >= 15 is 0 Å². The highest BCUT2D eigenvalue weighted by Crippen LogP contribution is 2.27. The van der Waals surface area contributed by atoms with Crippen molar-refractivity contribution in [3.05, 3.63) is 39.8 Å². The van der Waals surface area contributed by atoms with E-state index in [0.717, 1.165) is 55.5 Å². The van der Waals surface area contributed by atoms with E-state index in [2.05, 4.69) is 38.7 Å². The number of guanidine groups is 1. The third-order valence-corrected chi connectivity index (χ3v) is 5.30. The quantitative estimate of drug-likeness (QED) is 0.405. The molecular formula is C20H30N4O2S. The van der Waals surface area contributed by atoms with Gasteiger partial charge in [0.15, 0.2) is 17.5 Å². The summed E-state index contributed by atoms with van der Waals surface area (Å²) in [5, 5.41) is 6.73. The molecule has 7 heteroatoms. The molecule has 0 amide bonds. The van der Waals surface area contributed by atoms with Crippen molar-refractivity contribution in [3.8, 4) is 11.5 Å². The molecule has 0 atom stereocenters. The number of likely N-dealkylation sites (N-methyl/N-ethyl adjacent to an activating group) is 1. The summed E-state index contributed by atoms with van der Waals surface area (Å²) < 4.78 is 10.7. The van der Waals surface area contributed by atoms with Gasteiger partial charge in [-0.1, -0.05) is 6.07 Å². The zero-order valence-corrected chi connectivity index (χ0v) is 17.7. The van der Waals surface area contributed by atoms with Gasteiger partial charge in [-0.15, -0.1) is 11.3 Å². The molecule has 0 unspecified atom stereocenters. The monoisotopic (exact) mass is 390 g/mol. The topological polar surface area (TPSA) is 59.0 Å². The van der Waals surface area contributed by atoms with Gasteiger partial charge >= 0.3 is 0 Å². The predicted molar refractivity (Wildman–Crippen MR) is 112 cm³/mol. The van der Waals surface area contributed by atoms with Crippen LogP contribution in [-0.2, 0) is 12.8 Å². The van der Waals surface area contributed by atoms with Crippen molar-refractivity contribution in [1.29, 1.82) is 0 Å². The number of rotatable bonds is 9. The summed E-state index contributed by atoms with van der Waals surface area (Å²) in [5.41, 5.74) is 2.31. The minimum atomic E-state index is 0.752. The van der Waals surface area contributed by atoms with Crippen LogP contribution in [0.15, 0.2) is 28.6 Å². The number of aliphatic imine (C=N–C) groups is 1. The van der Waals surface area contributed by atoms with Crippen LogP contribution in [0.4, 0.5) is 0 Å². The first-order valence-electron chi connectivity index (χ1n) is 9.11. The Bertz CT molecular complexity index is 745. The van der Waals surface area contributed by atoms with E-state index in [-0.39, 0.29) is 0 Å². The van der Waals surface area contributed by atoms with E-state index < -0.39 is 0 Å². The van der Waals surface area contributed by atoms with Gasteiger partial charge < -0.3 is 19.7 Å². The fraction of sp³-hybridized carbons (Fsp3) is 0.500. The lowest BCUT2D eigenvalue weighted by Gasteiger charge is -2.22. The van der Waals surface area contributed by atoms with Crippen LogP contribution >= 0.6 is 11.3 Å². The van der Waals surface area contributed by atoms with Gasteiger partial charge in [-0.05, 0) is 37.5 Å². The molecule has 1 heterocycles. The fourth-order valence-corrected chi connectivity index (χ4v) is 3.60. The highest BCUT2D eigenvalue weighted by atomic mass is 32.1. The first kappa shape index (κ1) is 21.0. The van der Waals surface area contributed by atoms with Crippen molar-refractivity contribution in [2.75, 3.05) is 41.4 Å². The first-order chi connectivity index (χ1) is 13.1. The van der Waals surface area contributed by atoms with Gasteiger partial charge in [0, 0.05) is 44.7 Å². The summed E-state index contributed by atoms with van der Waals surface area (Å²) in [6.07, 6.45) is 2.93. The Hall–Kier alpha value is -2.28. The molecule has 0 saturated heterocycles. The standard InChI is InChI=1S/C20H30N4O2S/c1-15-14-27-19(23-15)7-6-11-22-20(21-2)24(3)12-10-16-8-9-17(25-4)18(13-16)26-5/h8-9,13-14H,6-7,10-12H2,1-5H3,(H,21,22). The molecule has 1 N–H and O–H groups in total. The summed E-state index contributed by atoms with van der Waals surface area (Å²) in [7, 11) is 7.18. The van der Waals surface area contributed by atoms with Crippen LogP contribution in [0.5, 0.6) is 11.5 Å². The lowest BCUT2D eigenvalue weighted by Crippen LogP contribution is -2.40. The van der Waals surface area contributed by atoms with Gasteiger partial charge in [-0.2, -0.15) is 0 Å². The second kappa shape index (κ2) is 10.8. The predicted octanol–water partition coefficient (Wildman–Crippen LogP) is 3.15. The molecule has 148 valence electrons. The van der Waals surface area contributed by atoms with Crippen LogP contribution in [0, 0.1) is 6.92 Å². The molecule has 0 spiro atoms. The van der Waals surface area contributed by atoms with E-state index in [1.807, 2.05) is 26.1 Å². The molecule has 6 nitrogen and oxygen atoms in total. The zero-order chi connectivity index (χ0) is 19.6. The summed E-state index contributed by atoms with van der Waals surface area (Å²) in [5.74, 6) is 2.42. The summed E-state index contributed by atoms with van der Waals surface area (Å²) in [6.45, 7) is 3.78. The van der Waals surface area contributed by atoms with Crippen molar-refractivity contribution in [2.45, 2.75) is 26.2 Å². The maximum absolute atomic E-state index is 5.38. The van der Waals surface area contributed by atoms with Crippen molar-refractivity contribution < 1.29 is 9.47 Å². The van der Waals surface area contributed by atoms with E-state index in [0.29, 0.717) is 0 Å². The molecule has 0 aliphatic carbocycles. The smallest absolute Gasteiger partial charge is 0.193 e. The summed E-state index contributed by atoms with van der Waals surface area (Å²) in [6, 6.07) is 6.04. The average Bonchev–Trinajstić information content (AvgIpc) is 3.11. The molecule has 0 bridgehead atoms. The van der Waals surface area contributed by atoms with E-state index in [4.69, 9.17) is 9.47 Å². The Kier molecular flexibility index (Phi) is 8.39. The lowest BCUT2D eigenvalue weighted by molar-refractivity contribution is 0.354. The minimum Gasteiger partial charge on any atom is -0.493 e. The van der Waals surface area contributed by atoms with Crippen LogP contribution in [0.3, 0.4) is 0 Å². The average molecular weight is 391 g/mol. The molecule has 0 saturated carbocycles. The van der Waals surface area contributed by atoms with Crippen LogP contribution in [0.2, 0.25) is 0 Å². The van der Waals surface area contributed by atoms with Gasteiger partial charge in [-0.3, -0.25) is 4.99 Å². The number of nitrogens with zero attached hydrogens (tertiary/aromatic N) is 3. The summed E-state index contributed by atoms with van der Waals surface area (Å²) >= 11 is 1.73. The summed E-state index contributed by atoms with van der Waals surface area (Å²) in [4.78, 5) is 11.0. The molecule has 2 rings (SSSR count). The Morgan fingerprint density at radius 2 is 2.00 bits per heavy atom. The third-order valence-electron chi connectivity index (χ3n) is 4.27. The maximum Gasteiger partial charge on any atom is 0.193 e. The molecule has 0 aliphatic heterocycles. The zero-order valence-electron chi connectivity index (χ0n) is 16.9. The molecule has 0 aliphatic rings. The van der Waals surface area contributed by atoms with E-state index in [9.17, 15) is 0 Å². The Labute approximate surface area is 166 Å². The van der Waals surface area contributed by atoms with Crippen molar-refractivity contribution >= 4 is 17.3 Å². The number of benzene rings is 1. The fourth-order valence-electron chi connectivity index (χ4n) is 2.78. The van der Waals surface area contributed by atoms with Gasteiger partial charge in [0.2, 0.25) is 0 Å². The number of methoxy groups -OCH3 is 2. The number of nitrogens with one attached hydrogen (secondary N) is 1. The molecule has 1 aromatic heterocycles.